The molecule has 0 radical (unpaired) electrons. The number of carboxylic acids is 1. The predicted molar refractivity (Wildman–Crippen MR) is 118 cm³/mol. The first-order chi connectivity index (χ1) is 14.0. The molecule has 0 heterocycles. The first-order valence-corrected chi connectivity index (χ1v) is 11.2. The first-order valence-electron chi connectivity index (χ1n) is 10.5. The quantitative estimate of drug-likeness (QED) is 0.227. The summed E-state index contributed by atoms with van der Waals surface area (Å²) in [7, 11) is 0. The largest absolute Gasteiger partial charge is 0.474 e. The van der Waals surface area contributed by atoms with Gasteiger partial charge in [-0.15, -0.1) is 0 Å². The molecule has 1 aromatic rings. The molecular weight excluding hydrogens is 436 g/mol. The molecule has 0 bridgehead atoms. The highest BCUT2D eigenvalue weighted by atomic mass is 79.9. The fourth-order valence-corrected chi connectivity index (χ4v) is 3.46. The standard InChI is InChI=1S/C22H33BrN2O4/c1-2-3-4-5-6-7-8-9-10-11-16-24-20(26)19-14-12-18(13-15-19)17-25(23)21(27)22(28)29/h12-15H,2-11,16-17H2,1H3,(H,24,26)(H,28,29). The van der Waals surface area contributed by atoms with E-state index in [4.69, 9.17) is 5.11 Å². The molecule has 1 rings (SSSR count). The van der Waals surface area contributed by atoms with Gasteiger partial charge in [-0.2, -0.15) is 0 Å². The number of carbonyl (C=O) groups is 3. The van der Waals surface area contributed by atoms with Crippen LogP contribution in [-0.4, -0.2) is 33.4 Å². The highest BCUT2D eigenvalue weighted by Crippen LogP contribution is 2.12. The van der Waals surface area contributed by atoms with Gasteiger partial charge in [0.2, 0.25) is 0 Å². The molecule has 0 aliphatic heterocycles. The second kappa shape index (κ2) is 15.0. The Kier molecular flexibility index (Phi) is 13.0. The predicted octanol–water partition coefficient (Wildman–Crippen LogP) is 5.06. The van der Waals surface area contributed by atoms with E-state index in [1.54, 1.807) is 24.3 Å². The van der Waals surface area contributed by atoms with Crippen LogP contribution in [0.3, 0.4) is 0 Å². The van der Waals surface area contributed by atoms with Gasteiger partial charge < -0.3 is 10.4 Å². The summed E-state index contributed by atoms with van der Waals surface area (Å²) in [5, 5.41) is 11.6. The minimum absolute atomic E-state index is 0.103. The number of carbonyl (C=O) groups excluding carboxylic acids is 2. The maximum atomic E-state index is 12.2. The average Bonchev–Trinajstić information content (AvgIpc) is 2.71. The van der Waals surface area contributed by atoms with Crippen molar-refractivity contribution < 1.29 is 19.5 Å². The molecule has 0 aliphatic rings. The molecule has 0 spiro atoms. The van der Waals surface area contributed by atoms with Crippen LogP contribution in [0.5, 0.6) is 0 Å². The van der Waals surface area contributed by atoms with E-state index in [0.29, 0.717) is 12.1 Å². The number of hydrogen-bond acceptors (Lipinski definition) is 3. The van der Waals surface area contributed by atoms with Crippen molar-refractivity contribution in [3.05, 3.63) is 35.4 Å². The molecule has 0 unspecified atom stereocenters. The van der Waals surface area contributed by atoms with E-state index in [2.05, 4.69) is 28.4 Å². The van der Waals surface area contributed by atoms with E-state index in [1.807, 2.05) is 0 Å². The number of nitrogens with zero attached hydrogens (tertiary/aromatic N) is 1. The highest BCUT2D eigenvalue weighted by Gasteiger charge is 2.18. The van der Waals surface area contributed by atoms with E-state index in [9.17, 15) is 14.4 Å². The molecule has 1 aromatic carbocycles. The molecule has 6 nitrogen and oxygen atoms in total. The monoisotopic (exact) mass is 468 g/mol. The minimum atomic E-state index is -1.52. The Morgan fingerprint density at radius 3 is 1.93 bits per heavy atom. The van der Waals surface area contributed by atoms with Gasteiger partial charge in [0.15, 0.2) is 0 Å². The van der Waals surface area contributed by atoms with Crippen LogP contribution in [-0.2, 0) is 16.1 Å². The minimum Gasteiger partial charge on any atom is -0.474 e. The van der Waals surface area contributed by atoms with Crippen LogP contribution < -0.4 is 5.32 Å². The number of amides is 2. The van der Waals surface area contributed by atoms with E-state index in [-0.39, 0.29) is 12.5 Å². The topological polar surface area (TPSA) is 86.7 Å². The summed E-state index contributed by atoms with van der Waals surface area (Å²) in [5.41, 5.74) is 1.27. The normalized spacial score (nSPS) is 10.6. The van der Waals surface area contributed by atoms with Gasteiger partial charge in [-0.1, -0.05) is 76.8 Å². The number of nitrogens with one attached hydrogen (secondary N) is 1. The van der Waals surface area contributed by atoms with Crippen molar-refractivity contribution in [3.8, 4) is 0 Å². The Hall–Kier alpha value is -1.89. The molecular formula is C22H33BrN2O4. The van der Waals surface area contributed by atoms with E-state index < -0.39 is 11.9 Å². The molecule has 2 amide bonds. The van der Waals surface area contributed by atoms with Crippen molar-refractivity contribution in [2.24, 2.45) is 0 Å². The molecule has 2 N–H and O–H groups in total. The lowest BCUT2D eigenvalue weighted by molar-refractivity contribution is -0.152. The number of hydrogen-bond donors (Lipinski definition) is 2. The maximum Gasteiger partial charge on any atom is 0.395 e. The summed E-state index contributed by atoms with van der Waals surface area (Å²) in [4.78, 5) is 34.1. The molecule has 0 aromatic heterocycles. The lowest BCUT2D eigenvalue weighted by Crippen LogP contribution is -2.28. The zero-order valence-electron chi connectivity index (χ0n) is 17.3. The molecule has 7 heteroatoms. The Morgan fingerprint density at radius 2 is 1.41 bits per heavy atom. The van der Waals surface area contributed by atoms with Gasteiger partial charge in [0, 0.05) is 12.1 Å². The summed E-state index contributed by atoms with van der Waals surface area (Å²) < 4.78 is 0.940. The third-order valence-corrected chi connectivity index (χ3v) is 5.33. The smallest absolute Gasteiger partial charge is 0.395 e. The van der Waals surface area contributed by atoms with E-state index in [1.165, 1.54) is 51.4 Å². The fourth-order valence-electron chi connectivity index (χ4n) is 3.01. The number of halogens is 1. The Morgan fingerprint density at radius 1 is 0.897 bits per heavy atom. The zero-order chi connectivity index (χ0) is 21.5. The van der Waals surface area contributed by atoms with E-state index >= 15 is 0 Å². The number of benzene rings is 1. The highest BCUT2D eigenvalue weighted by molar-refractivity contribution is 9.07. The maximum absolute atomic E-state index is 12.2. The molecule has 0 atom stereocenters. The summed E-state index contributed by atoms with van der Waals surface area (Å²) >= 11 is 2.93. The van der Waals surface area contributed by atoms with Crippen LogP contribution in [0.4, 0.5) is 0 Å². The molecule has 0 saturated carbocycles. The summed E-state index contributed by atoms with van der Waals surface area (Å²) in [5.74, 6) is -2.68. The Labute approximate surface area is 182 Å². The van der Waals surface area contributed by atoms with Crippen LogP contribution >= 0.6 is 16.1 Å². The average molecular weight is 469 g/mol. The van der Waals surface area contributed by atoms with Gasteiger partial charge >= 0.3 is 11.9 Å². The Balaban J connectivity index is 2.17. The van der Waals surface area contributed by atoms with Crippen molar-refractivity contribution in [1.82, 2.24) is 9.24 Å². The SMILES string of the molecule is CCCCCCCCCCCCNC(=O)c1ccc(CN(Br)C(=O)C(=O)O)cc1. The van der Waals surface area contributed by atoms with Crippen LogP contribution in [0.25, 0.3) is 0 Å². The van der Waals surface area contributed by atoms with Crippen LogP contribution in [0, 0.1) is 0 Å². The number of unbranched alkanes of at least 4 members (excludes halogenated alkanes) is 9. The van der Waals surface area contributed by atoms with Crippen molar-refractivity contribution in [2.75, 3.05) is 6.54 Å². The zero-order valence-corrected chi connectivity index (χ0v) is 18.9. The van der Waals surface area contributed by atoms with Crippen molar-refractivity contribution in [3.63, 3.8) is 0 Å². The third-order valence-electron chi connectivity index (χ3n) is 4.76. The van der Waals surface area contributed by atoms with Crippen molar-refractivity contribution >= 4 is 33.9 Å². The van der Waals surface area contributed by atoms with Crippen molar-refractivity contribution in [1.29, 1.82) is 0 Å². The van der Waals surface area contributed by atoms with Crippen LogP contribution in [0.1, 0.15) is 87.1 Å². The third kappa shape index (κ3) is 11.0. The second-order valence-corrected chi connectivity index (χ2v) is 8.12. The van der Waals surface area contributed by atoms with Gasteiger partial charge in [0.05, 0.1) is 22.7 Å². The lowest BCUT2D eigenvalue weighted by Gasteiger charge is -2.12. The van der Waals surface area contributed by atoms with Gasteiger partial charge in [-0.3, -0.25) is 13.5 Å². The summed E-state index contributed by atoms with van der Waals surface area (Å²) in [6.07, 6.45) is 12.6. The van der Waals surface area contributed by atoms with Crippen LogP contribution in [0.15, 0.2) is 24.3 Å². The van der Waals surface area contributed by atoms with Gasteiger partial charge in [-0.25, -0.2) is 4.79 Å². The number of aliphatic carboxylic acids is 1. The summed E-state index contributed by atoms with van der Waals surface area (Å²) in [6.45, 7) is 3.00. The molecule has 29 heavy (non-hydrogen) atoms. The fraction of sp³-hybridized carbons (Fsp3) is 0.591. The van der Waals surface area contributed by atoms with Gasteiger partial charge in [0.1, 0.15) is 0 Å². The lowest BCUT2D eigenvalue weighted by atomic mass is 10.1. The Bertz CT molecular complexity index is 634. The molecule has 162 valence electrons. The number of carboxylic acid groups (broad SMARTS) is 1. The molecule has 0 aliphatic carbocycles. The summed E-state index contributed by atoms with van der Waals surface area (Å²) in [6, 6.07) is 6.77. The van der Waals surface area contributed by atoms with Gasteiger partial charge in [-0.05, 0) is 24.1 Å². The van der Waals surface area contributed by atoms with Gasteiger partial charge in [0.25, 0.3) is 5.91 Å². The first kappa shape index (κ1) is 25.1. The molecule has 0 fully saturated rings. The second-order valence-electron chi connectivity index (χ2n) is 7.27. The van der Waals surface area contributed by atoms with E-state index in [0.717, 1.165) is 22.3 Å². The van der Waals surface area contributed by atoms with Crippen molar-refractivity contribution in [2.45, 2.75) is 77.7 Å². The number of rotatable bonds is 14. The van der Waals surface area contributed by atoms with Crippen LogP contribution in [0.2, 0.25) is 0 Å². The molecule has 0 saturated heterocycles.